The largest absolute Gasteiger partial charge is 0.495 e. The number of carbonyl (C=O) groups is 1. The van der Waals surface area contributed by atoms with Gasteiger partial charge >= 0.3 is 0 Å². The predicted octanol–water partition coefficient (Wildman–Crippen LogP) is 3.17. The van der Waals surface area contributed by atoms with E-state index in [1.807, 2.05) is 18.2 Å². The molecule has 1 heterocycles. The number of amides is 1. The highest BCUT2D eigenvalue weighted by Gasteiger charge is 2.35. The van der Waals surface area contributed by atoms with Crippen molar-refractivity contribution >= 4 is 11.6 Å². The lowest BCUT2D eigenvalue weighted by atomic mass is 9.85. The van der Waals surface area contributed by atoms with Gasteiger partial charge in [-0.1, -0.05) is 32.4 Å². The lowest BCUT2D eigenvalue weighted by Gasteiger charge is -2.17. The normalized spacial score (nSPS) is 19.7. The predicted molar refractivity (Wildman–Crippen MR) is 68.4 cm³/mol. The fourth-order valence-electron chi connectivity index (χ4n) is 2.64. The zero-order chi connectivity index (χ0) is 12.4. The van der Waals surface area contributed by atoms with Crippen LogP contribution in [0.25, 0.3) is 0 Å². The molecule has 0 saturated carbocycles. The van der Waals surface area contributed by atoms with Crippen LogP contribution in [0.5, 0.6) is 5.75 Å². The van der Waals surface area contributed by atoms with Crippen LogP contribution in [0.1, 0.15) is 38.2 Å². The standard InChI is InChI=1S/C14H19NO2/c1-4-6-9(2)12-10-7-5-8-11(17-3)13(10)15-14(12)16/h5,7-9,12H,4,6H2,1-3H3,(H,15,16). The maximum atomic E-state index is 12.0. The van der Waals surface area contributed by atoms with Crippen molar-refractivity contribution in [2.75, 3.05) is 12.4 Å². The Hall–Kier alpha value is -1.51. The van der Waals surface area contributed by atoms with Crippen LogP contribution < -0.4 is 10.1 Å². The van der Waals surface area contributed by atoms with E-state index in [0.29, 0.717) is 5.92 Å². The number of anilines is 1. The first-order valence-corrected chi connectivity index (χ1v) is 6.16. The summed E-state index contributed by atoms with van der Waals surface area (Å²) in [5.74, 6) is 1.20. The van der Waals surface area contributed by atoms with Crippen molar-refractivity contribution in [3.05, 3.63) is 23.8 Å². The van der Waals surface area contributed by atoms with Crippen LogP contribution in [-0.2, 0) is 4.79 Å². The Morgan fingerprint density at radius 1 is 1.47 bits per heavy atom. The smallest absolute Gasteiger partial charge is 0.232 e. The lowest BCUT2D eigenvalue weighted by Crippen LogP contribution is -2.18. The van der Waals surface area contributed by atoms with Crippen molar-refractivity contribution < 1.29 is 9.53 Å². The Labute approximate surface area is 102 Å². The maximum Gasteiger partial charge on any atom is 0.232 e. The first kappa shape index (κ1) is 12.0. The van der Waals surface area contributed by atoms with E-state index >= 15 is 0 Å². The first-order valence-electron chi connectivity index (χ1n) is 6.16. The van der Waals surface area contributed by atoms with Crippen molar-refractivity contribution in [2.45, 2.75) is 32.6 Å². The lowest BCUT2D eigenvalue weighted by molar-refractivity contribution is -0.118. The minimum absolute atomic E-state index is 0.0277. The number of para-hydroxylation sites is 1. The summed E-state index contributed by atoms with van der Waals surface area (Å²) >= 11 is 0. The number of ether oxygens (including phenoxy) is 1. The van der Waals surface area contributed by atoms with Gasteiger partial charge in [0.25, 0.3) is 0 Å². The molecule has 1 aromatic rings. The zero-order valence-corrected chi connectivity index (χ0v) is 10.6. The summed E-state index contributed by atoms with van der Waals surface area (Å²) in [7, 11) is 1.63. The summed E-state index contributed by atoms with van der Waals surface area (Å²) in [6.07, 6.45) is 2.17. The van der Waals surface area contributed by atoms with Gasteiger partial charge in [-0.2, -0.15) is 0 Å². The molecule has 1 aromatic carbocycles. The molecule has 0 spiro atoms. The topological polar surface area (TPSA) is 38.3 Å². The summed E-state index contributed by atoms with van der Waals surface area (Å²) in [4.78, 5) is 12.0. The third-order valence-corrected chi connectivity index (χ3v) is 3.46. The summed E-state index contributed by atoms with van der Waals surface area (Å²) in [6, 6.07) is 5.85. The molecule has 0 aliphatic carbocycles. The van der Waals surface area contributed by atoms with Crippen molar-refractivity contribution in [2.24, 2.45) is 5.92 Å². The van der Waals surface area contributed by atoms with Gasteiger partial charge in [0, 0.05) is 0 Å². The number of rotatable bonds is 4. The van der Waals surface area contributed by atoms with E-state index in [0.717, 1.165) is 29.8 Å². The average molecular weight is 233 g/mol. The molecule has 0 bridgehead atoms. The molecular formula is C14H19NO2. The van der Waals surface area contributed by atoms with E-state index in [-0.39, 0.29) is 11.8 Å². The van der Waals surface area contributed by atoms with Crippen LogP contribution in [0.4, 0.5) is 5.69 Å². The van der Waals surface area contributed by atoms with Gasteiger partial charge in [-0.05, 0) is 24.0 Å². The summed E-state index contributed by atoms with van der Waals surface area (Å²) in [5, 5.41) is 2.94. The fraction of sp³-hybridized carbons (Fsp3) is 0.500. The van der Waals surface area contributed by atoms with Gasteiger partial charge in [0.1, 0.15) is 5.75 Å². The SMILES string of the molecule is CCCC(C)C1C(=O)Nc2c(OC)cccc21. The molecule has 3 heteroatoms. The quantitative estimate of drug-likeness (QED) is 0.867. The minimum Gasteiger partial charge on any atom is -0.495 e. The molecule has 0 radical (unpaired) electrons. The van der Waals surface area contributed by atoms with Crippen LogP contribution in [-0.4, -0.2) is 13.0 Å². The van der Waals surface area contributed by atoms with Crippen molar-refractivity contribution in [1.29, 1.82) is 0 Å². The highest BCUT2D eigenvalue weighted by molar-refractivity contribution is 6.04. The number of methoxy groups -OCH3 is 1. The van der Waals surface area contributed by atoms with Gasteiger partial charge in [-0.3, -0.25) is 4.79 Å². The molecule has 2 rings (SSSR count). The van der Waals surface area contributed by atoms with Crippen LogP contribution >= 0.6 is 0 Å². The molecule has 0 fully saturated rings. The molecule has 92 valence electrons. The summed E-state index contributed by atoms with van der Waals surface area (Å²) in [5.41, 5.74) is 1.93. The molecule has 0 saturated heterocycles. The second-order valence-corrected chi connectivity index (χ2v) is 4.66. The van der Waals surface area contributed by atoms with Crippen LogP contribution in [0.2, 0.25) is 0 Å². The van der Waals surface area contributed by atoms with Gasteiger partial charge in [0.05, 0.1) is 18.7 Å². The van der Waals surface area contributed by atoms with Crippen LogP contribution in [0, 0.1) is 5.92 Å². The summed E-state index contributed by atoms with van der Waals surface area (Å²) in [6.45, 7) is 4.29. The second kappa shape index (κ2) is 4.78. The van der Waals surface area contributed by atoms with Crippen molar-refractivity contribution in [3.63, 3.8) is 0 Å². The maximum absolute atomic E-state index is 12.0. The Kier molecular flexibility index (Phi) is 3.36. The Morgan fingerprint density at radius 2 is 2.24 bits per heavy atom. The molecule has 1 aliphatic heterocycles. The Morgan fingerprint density at radius 3 is 2.88 bits per heavy atom. The molecule has 2 unspecified atom stereocenters. The molecule has 1 N–H and O–H groups in total. The number of hydrogen-bond acceptors (Lipinski definition) is 2. The number of hydrogen-bond donors (Lipinski definition) is 1. The zero-order valence-electron chi connectivity index (χ0n) is 10.6. The molecule has 1 aliphatic rings. The monoisotopic (exact) mass is 233 g/mol. The highest BCUT2D eigenvalue weighted by Crippen LogP contribution is 2.43. The van der Waals surface area contributed by atoms with E-state index < -0.39 is 0 Å². The van der Waals surface area contributed by atoms with E-state index in [1.54, 1.807) is 7.11 Å². The number of nitrogens with one attached hydrogen (secondary N) is 1. The van der Waals surface area contributed by atoms with Gasteiger partial charge < -0.3 is 10.1 Å². The molecule has 2 atom stereocenters. The Balaban J connectivity index is 2.37. The molecule has 1 amide bonds. The van der Waals surface area contributed by atoms with Crippen molar-refractivity contribution in [3.8, 4) is 5.75 Å². The second-order valence-electron chi connectivity index (χ2n) is 4.66. The van der Waals surface area contributed by atoms with Crippen molar-refractivity contribution in [1.82, 2.24) is 0 Å². The van der Waals surface area contributed by atoms with Gasteiger partial charge in [-0.15, -0.1) is 0 Å². The first-order chi connectivity index (χ1) is 8.19. The fourth-order valence-corrected chi connectivity index (χ4v) is 2.64. The summed E-state index contributed by atoms with van der Waals surface area (Å²) < 4.78 is 5.28. The Bertz CT molecular complexity index is 428. The van der Waals surface area contributed by atoms with E-state index in [4.69, 9.17) is 4.74 Å². The number of benzene rings is 1. The molecular weight excluding hydrogens is 214 g/mol. The van der Waals surface area contributed by atoms with Gasteiger partial charge in [0.15, 0.2) is 0 Å². The third kappa shape index (κ3) is 2.02. The van der Waals surface area contributed by atoms with E-state index in [9.17, 15) is 4.79 Å². The number of fused-ring (bicyclic) bond motifs is 1. The van der Waals surface area contributed by atoms with E-state index in [1.165, 1.54) is 0 Å². The highest BCUT2D eigenvalue weighted by atomic mass is 16.5. The van der Waals surface area contributed by atoms with Gasteiger partial charge in [0.2, 0.25) is 5.91 Å². The van der Waals surface area contributed by atoms with E-state index in [2.05, 4.69) is 19.2 Å². The van der Waals surface area contributed by atoms with Gasteiger partial charge in [-0.25, -0.2) is 0 Å². The van der Waals surface area contributed by atoms with Crippen LogP contribution in [0.3, 0.4) is 0 Å². The molecule has 17 heavy (non-hydrogen) atoms. The average Bonchev–Trinajstić information content (AvgIpc) is 2.65. The minimum atomic E-state index is -0.0277. The number of carbonyl (C=O) groups excluding carboxylic acids is 1. The van der Waals surface area contributed by atoms with Crippen LogP contribution in [0.15, 0.2) is 18.2 Å². The molecule has 0 aromatic heterocycles. The molecule has 3 nitrogen and oxygen atoms in total. The third-order valence-electron chi connectivity index (χ3n) is 3.46.